The van der Waals surface area contributed by atoms with Crippen molar-refractivity contribution < 1.29 is 49.5 Å². The van der Waals surface area contributed by atoms with E-state index in [0.717, 1.165) is 46.0 Å². The number of aromatic hydroxyl groups is 2. The predicted molar refractivity (Wildman–Crippen MR) is 161 cm³/mol. The summed E-state index contributed by atoms with van der Waals surface area (Å²) in [4.78, 5) is 33.9. The molecule has 0 amide bonds. The van der Waals surface area contributed by atoms with Crippen LogP contribution in [0.2, 0.25) is 0 Å². The molecule has 6 aromatic rings. The monoisotopic (exact) mass is 647 g/mol. The number of phenols is 2. The third-order valence-corrected chi connectivity index (χ3v) is 5.95. The average Bonchev–Trinajstić information content (AvgIpc) is 3.06. The zero-order valence-corrected chi connectivity index (χ0v) is 26.8. The predicted octanol–water partition coefficient (Wildman–Crippen LogP) is 4.38. The molecule has 0 aliphatic carbocycles. The van der Waals surface area contributed by atoms with Crippen LogP contribution >= 0.6 is 0 Å². The molecule has 3 heterocycles. The Morgan fingerprint density at radius 1 is 0.489 bits per heavy atom. The van der Waals surface area contributed by atoms with E-state index < -0.39 is 11.9 Å². The summed E-state index contributed by atoms with van der Waals surface area (Å²) in [5, 5.41) is 37.8. The van der Waals surface area contributed by atoms with Gasteiger partial charge in [0.1, 0.15) is 11.5 Å². The van der Waals surface area contributed by atoms with Gasteiger partial charge in [0, 0.05) is 23.5 Å². The Hall–Kier alpha value is -5.73. The first-order valence-electron chi connectivity index (χ1n) is 13.2. The third-order valence-electron chi connectivity index (χ3n) is 5.95. The van der Waals surface area contributed by atoms with Crippen LogP contribution in [0.5, 0.6) is 11.5 Å². The number of aromatic carboxylic acids is 2. The second-order valence-electron chi connectivity index (χ2n) is 9.10. The van der Waals surface area contributed by atoms with Crippen molar-refractivity contribution in [2.24, 2.45) is 0 Å². The molecule has 0 bridgehead atoms. The van der Waals surface area contributed by atoms with Crippen LogP contribution in [0.1, 0.15) is 20.7 Å². The van der Waals surface area contributed by atoms with E-state index >= 15 is 0 Å². The van der Waals surface area contributed by atoms with Crippen molar-refractivity contribution in [1.29, 1.82) is 0 Å². The topological polar surface area (TPSA) is 159 Å². The SMILES string of the molecule is O=C([O-])c1cccc(O)c1.O=C([O-])c1cccc(O)c1.[Zn+2].c1ccc(-c2cc(-c3ccccn3)nc(-c3ccccn3)c2)cc1. The summed E-state index contributed by atoms with van der Waals surface area (Å²) < 4.78 is 0. The molecule has 3 aromatic heterocycles. The summed E-state index contributed by atoms with van der Waals surface area (Å²) in [6, 6.07) is 36.8. The number of benzene rings is 3. The Labute approximate surface area is 272 Å². The van der Waals surface area contributed by atoms with Gasteiger partial charge in [0.2, 0.25) is 0 Å². The Kier molecular flexibility index (Phi) is 12.6. The second-order valence-corrected chi connectivity index (χ2v) is 9.10. The molecule has 0 unspecified atom stereocenters. The molecule has 0 aliphatic heterocycles. The Morgan fingerprint density at radius 3 is 1.29 bits per heavy atom. The minimum atomic E-state index is -1.28. The Bertz CT molecular complexity index is 1640. The number of aromatic nitrogens is 3. The van der Waals surface area contributed by atoms with E-state index in [9.17, 15) is 19.8 Å². The van der Waals surface area contributed by atoms with Crippen molar-refractivity contribution in [3.8, 4) is 45.4 Å². The molecule has 45 heavy (non-hydrogen) atoms. The van der Waals surface area contributed by atoms with Gasteiger partial charge in [-0.05, 0) is 71.8 Å². The smallest absolute Gasteiger partial charge is 0.545 e. The maximum absolute atomic E-state index is 10.1. The van der Waals surface area contributed by atoms with Crippen molar-refractivity contribution in [1.82, 2.24) is 15.0 Å². The molecule has 6 rings (SSSR count). The van der Waals surface area contributed by atoms with Gasteiger partial charge in [0.15, 0.2) is 0 Å². The van der Waals surface area contributed by atoms with Crippen molar-refractivity contribution >= 4 is 11.9 Å². The average molecular weight is 649 g/mol. The molecule has 10 heteroatoms. The number of phenolic OH excluding ortho intramolecular Hbond substituents is 2. The number of hydrogen-bond acceptors (Lipinski definition) is 9. The van der Waals surface area contributed by atoms with Gasteiger partial charge in [-0.3, -0.25) is 9.97 Å². The Balaban J connectivity index is 0.000000218. The van der Waals surface area contributed by atoms with E-state index in [1.165, 1.54) is 36.4 Å². The van der Waals surface area contributed by atoms with Gasteiger partial charge in [-0.15, -0.1) is 0 Å². The molecule has 0 fully saturated rings. The van der Waals surface area contributed by atoms with Crippen LogP contribution in [0.15, 0.2) is 140 Å². The van der Waals surface area contributed by atoms with Crippen LogP contribution in [-0.4, -0.2) is 37.1 Å². The number of hydrogen-bond donors (Lipinski definition) is 2. The molecule has 0 radical (unpaired) electrons. The molecule has 0 aliphatic rings. The number of carboxylic acid groups (broad SMARTS) is 2. The molecule has 2 N–H and O–H groups in total. The number of pyridine rings is 3. The summed E-state index contributed by atoms with van der Waals surface area (Å²) in [6.45, 7) is 0. The normalized spacial score (nSPS) is 9.69. The largest absolute Gasteiger partial charge is 2.00 e. The molecule has 9 nitrogen and oxygen atoms in total. The zero-order valence-electron chi connectivity index (χ0n) is 23.9. The van der Waals surface area contributed by atoms with E-state index in [1.54, 1.807) is 12.4 Å². The standard InChI is InChI=1S/C21H15N3.2C7H6O3.Zn/c1-2-8-16(9-3-1)17-14-20(18-10-4-6-12-22-18)24-21(15-17)19-11-5-7-13-23-19;2*8-6-3-1-2-5(4-6)7(9)10;/h1-15H;2*1-4,8H,(H,9,10);/q;;;+2/p-2. The van der Waals surface area contributed by atoms with Gasteiger partial charge < -0.3 is 30.0 Å². The number of rotatable bonds is 5. The fraction of sp³-hybridized carbons (Fsp3) is 0. The number of carbonyl (C=O) groups is 2. The van der Waals surface area contributed by atoms with Gasteiger partial charge in [-0.2, -0.15) is 0 Å². The molecule has 0 spiro atoms. The van der Waals surface area contributed by atoms with Gasteiger partial charge in [-0.1, -0.05) is 66.7 Å². The third kappa shape index (κ3) is 10.2. The van der Waals surface area contributed by atoms with Crippen LogP contribution in [0.4, 0.5) is 0 Å². The fourth-order valence-electron chi connectivity index (χ4n) is 3.88. The van der Waals surface area contributed by atoms with Gasteiger partial charge in [-0.25, -0.2) is 4.98 Å². The minimum absolute atomic E-state index is 0. The van der Waals surface area contributed by atoms with E-state index in [1.807, 2.05) is 54.6 Å². The maximum atomic E-state index is 10.1. The van der Waals surface area contributed by atoms with E-state index in [2.05, 4.69) is 34.2 Å². The van der Waals surface area contributed by atoms with E-state index in [-0.39, 0.29) is 42.1 Å². The Morgan fingerprint density at radius 2 is 0.933 bits per heavy atom. The maximum Gasteiger partial charge on any atom is 2.00 e. The molecule has 3 aromatic carbocycles. The zero-order chi connectivity index (χ0) is 31.3. The minimum Gasteiger partial charge on any atom is -0.545 e. The molecular formula is C35H25N3O6Zn. The van der Waals surface area contributed by atoms with Crippen LogP contribution in [0.3, 0.4) is 0 Å². The van der Waals surface area contributed by atoms with Gasteiger partial charge >= 0.3 is 19.5 Å². The first kappa shape index (κ1) is 33.8. The van der Waals surface area contributed by atoms with Crippen molar-refractivity contribution in [3.05, 3.63) is 151 Å². The first-order chi connectivity index (χ1) is 21.3. The molecule has 218 valence electrons. The van der Waals surface area contributed by atoms with E-state index in [4.69, 9.17) is 15.2 Å². The van der Waals surface area contributed by atoms with Crippen LogP contribution in [0, 0.1) is 0 Å². The first-order valence-corrected chi connectivity index (χ1v) is 13.2. The number of carbonyl (C=O) groups excluding carboxylic acids is 2. The summed E-state index contributed by atoms with van der Waals surface area (Å²) in [5.41, 5.74) is 5.62. The number of nitrogens with zero attached hydrogens (tertiary/aromatic N) is 3. The van der Waals surface area contributed by atoms with Gasteiger partial charge in [0.05, 0.1) is 34.7 Å². The molecule has 0 saturated carbocycles. The molecule has 0 saturated heterocycles. The van der Waals surface area contributed by atoms with Gasteiger partial charge in [0.25, 0.3) is 0 Å². The van der Waals surface area contributed by atoms with Crippen molar-refractivity contribution in [2.45, 2.75) is 0 Å². The summed E-state index contributed by atoms with van der Waals surface area (Å²) in [6.07, 6.45) is 3.57. The summed E-state index contributed by atoms with van der Waals surface area (Å²) in [5.74, 6) is -2.70. The molecule has 0 atom stereocenters. The number of carboxylic acids is 2. The van der Waals surface area contributed by atoms with E-state index in [0.29, 0.717) is 0 Å². The van der Waals surface area contributed by atoms with Crippen molar-refractivity contribution in [2.75, 3.05) is 0 Å². The van der Waals surface area contributed by atoms with Crippen LogP contribution in [0.25, 0.3) is 33.9 Å². The molecular weight excluding hydrogens is 624 g/mol. The van der Waals surface area contributed by atoms with Crippen LogP contribution < -0.4 is 10.2 Å². The van der Waals surface area contributed by atoms with Crippen LogP contribution in [-0.2, 0) is 19.5 Å². The second kappa shape index (κ2) is 16.8. The summed E-state index contributed by atoms with van der Waals surface area (Å²) >= 11 is 0. The quantitative estimate of drug-likeness (QED) is 0.259. The van der Waals surface area contributed by atoms with Crippen molar-refractivity contribution in [3.63, 3.8) is 0 Å². The summed E-state index contributed by atoms with van der Waals surface area (Å²) in [7, 11) is 0. The fourth-order valence-corrected chi connectivity index (χ4v) is 3.88.